The van der Waals surface area contributed by atoms with Gasteiger partial charge in [-0.3, -0.25) is 4.79 Å². The highest BCUT2D eigenvalue weighted by Gasteiger charge is 2.32. The van der Waals surface area contributed by atoms with Crippen molar-refractivity contribution < 1.29 is 19.0 Å². The summed E-state index contributed by atoms with van der Waals surface area (Å²) in [6, 6.07) is 1.62. The van der Waals surface area contributed by atoms with Crippen LogP contribution in [0.4, 0.5) is 11.6 Å². The van der Waals surface area contributed by atoms with E-state index in [1.165, 1.54) is 18.9 Å². The molecule has 2 fully saturated rings. The largest absolute Gasteiger partial charge is 0.499 e. The van der Waals surface area contributed by atoms with Crippen molar-refractivity contribution >= 4 is 57.2 Å². The summed E-state index contributed by atoms with van der Waals surface area (Å²) < 4.78 is 16.7. The first kappa shape index (κ1) is 27.6. The van der Waals surface area contributed by atoms with E-state index in [0.717, 1.165) is 11.9 Å². The van der Waals surface area contributed by atoms with Crippen LogP contribution in [-0.4, -0.2) is 73.0 Å². The third kappa shape index (κ3) is 6.14. The number of hydrogen-bond acceptors (Lipinski definition) is 9. The second-order valence-corrected chi connectivity index (χ2v) is 10.6. The molecule has 0 bridgehead atoms. The fraction of sp³-hybridized carbons (Fsp3) is 0.481. The van der Waals surface area contributed by atoms with Crippen LogP contribution >= 0.6 is 23.2 Å². The molecule has 1 amide bonds. The van der Waals surface area contributed by atoms with Gasteiger partial charge in [0, 0.05) is 32.1 Å². The lowest BCUT2D eigenvalue weighted by molar-refractivity contribution is -0.117. The SMILES string of the molecule is C=CC(=O)N[C@H]1CCOC[C@H]1Nc1cc2c(NCC3CC3)nc(C3=C(Cl)C(OC)CC(OC)=C3Cl)nc2cn1. The minimum atomic E-state index is -0.418. The highest BCUT2D eigenvalue weighted by atomic mass is 35.5. The summed E-state index contributed by atoms with van der Waals surface area (Å²) in [6.07, 6.45) is 6.02. The van der Waals surface area contributed by atoms with Gasteiger partial charge >= 0.3 is 0 Å². The second kappa shape index (κ2) is 12.1. The Labute approximate surface area is 237 Å². The first-order valence-corrected chi connectivity index (χ1v) is 13.7. The molecular formula is C27H32Cl2N6O4. The zero-order chi connectivity index (χ0) is 27.5. The lowest BCUT2D eigenvalue weighted by Gasteiger charge is -2.32. The van der Waals surface area contributed by atoms with E-state index in [2.05, 4.69) is 27.5 Å². The zero-order valence-electron chi connectivity index (χ0n) is 21.9. The van der Waals surface area contributed by atoms with Gasteiger partial charge in [-0.2, -0.15) is 0 Å². The molecule has 10 nitrogen and oxygen atoms in total. The van der Waals surface area contributed by atoms with Crippen molar-refractivity contribution in [1.82, 2.24) is 20.3 Å². The predicted octanol–water partition coefficient (Wildman–Crippen LogP) is 4.18. The summed E-state index contributed by atoms with van der Waals surface area (Å²) in [5.41, 5.74) is 1.10. The molecule has 1 saturated carbocycles. The molecule has 208 valence electrons. The van der Waals surface area contributed by atoms with Crippen molar-refractivity contribution in [3.05, 3.63) is 46.6 Å². The van der Waals surface area contributed by atoms with Crippen molar-refractivity contribution in [1.29, 1.82) is 0 Å². The Balaban J connectivity index is 1.51. The first-order valence-electron chi connectivity index (χ1n) is 13.0. The van der Waals surface area contributed by atoms with Gasteiger partial charge in [0.1, 0.15) is 23.5 Å². The number of aromatic nitrogens is 3. The van der Waals surface area contributed by atoms with Gasteiger partial charge in [-0.25, -0.2) is 15.0 Å². The topological polar surface area (TPSA) is 120 Å². The average Bonchev–Trinajstić information content (AvgIpc) is 3.78. The molecule has 3 aliphatic rings. The molecule has 2 aromatic rings. The summed E-state index contributed by atoms with van der Waals surface area (Å²) >= 11 is 13.5. The molecule has 39 heavy (non-hydrogen) atoms. The van der Waals surface area contributed by atoms with Crippen LogP contribution in [-0.2, 0) is 19.0 Å². The molecule has 1 saturated heterocycles. The van der Waals surface area contributed by atoms with Crippen LogP contribution in [0.2, 0.25) is 0 Å². The van der Waals surface area contributed by atoms with Gasteiger partial charge in [-0.15, -0.1) is 0 Å². The molecule has 1 unspecified atom stereocenters. The molecule has 3 N–H and O–H groups in total. The number of nitrogens with one attached hydrogen (secondary N) is 3. The number of amides is 1. The van der Waals surface area contributed by atoms with Gasteiger partial charge in [0.2, 0.25) is 5.91 Å². The van der Waals surface area contributed by atoms with Gasteiger partial charge in [-0.05, 0) is 37.3 Å². The summed E-state index contributed by atoms with van der Waals surface area (Å²) in [4.78, 5) is 26.2. The lowest BCUT2D eigenvalue weighted by atomic mass is 10.0. The number of halogens is 2. The number of pyridine rings is 1. The van der Waals surface area contributed by atoms with E-state index in [-0.39, 0.29) is 18.0 Å². The molecule has 0 aromatic carbocycles. The number of carbonyl (C=O) groups is 1. The maximum atomic E-state index is 11.9. The Morgan fingerprint density at radius 2 is 2.05 bits per heavy atom. The quantitative estimate of drug-likeness (QED) is 0.359. The number of fused-ring (bicyclic) bond motifs is 1. The summed E-state index contributed by atoms with van der Waals surface area (Å²) in [7, 11) is 3.15. The molecule has 1 aliphatic heterocycles. The smallest absolute Gasteiger partial charge is 0.243 e. The molecule has 2 aromatic heterocycles. The van der Waals surface area contributed by atoms with E-state index >= 15 is 0 Å². The highest BCUT2D eigenvalue weighted by molar-refractivity contribution is 6.42. The summed E-state index contributed by atoms with van der Waals surface area (Å²) in [5.74, 6) is 2.60. The van der Waals surface area contributed by atoms with Crippen molar-refractivity contribution in [2.24, 2.45) is 5.92 Å². The number of nitrogens with zero attached hydrogens (tertiary/aromatic N) is 3. The number of ether oxygens (including phenoxy) is 3. The Bertz CT molecular complexity index is 1330. The van der Waals surface area contributed by atoms with Crippen LogP contribution in [0.25, 0.3) is 16.5 Å². The van der Waals surface area contributed by atoms with E-state index in [0.29, 0.717) is 76.3 Å². The number of carbonyl (C=O) groups excluding carboxylic acids is 1. The standard InChI is InChI=1S/C27H32Cl2N6O4/c1-4-22(36)33-16-7-8-39-13-18(16)32-21-9-15-17(12-30-21)34-27(35-26(15)31-11-14-5-6-14)23-24(28)19(37-2)10-20(38-3)25(23)29/h4,9,12,14,16,18-19H,1,5-8,10-11,13H2,2-3H3,(H,30,32)(H,33,36)(H,31,34,35)/t16-,18+,19?/m0/s1. The number of rotatable bonds is 10. The Kier molecular flexibility index (Phi) is 8.56. The van der Waals surface area contributed by atoms with E-state index < -0.39 is 6.10 Å². The number of methoxy groups -OCH3 is 2. The molecule has 12 heteroatoms. The fourth-order valence-corrected chi connectivity index (χ4v) is 5.46. The van der Waals surface area contributed by atoms with E-state index in [4.69, 9.17) is 47.4 Å². The van der Waals surface area contributed by atoms with Crippen LogP contribution < -0.4 is 16.0 Å². The predicted molar refractivity (Wildman–Crippen MR) is 152 cm³/mol. The van der Waals surface area contributed by atoms with Crippen molar-refractivity contribution in [3.63, 3.8) is 0 Å². The lowest BCUT2D eigenvalue weighted by Crippen LogP contribution is -2.52. The van der Waals surface area contributed by atoms with Gasteiger partial charge in [0.25, 0.3) is 0 Å². The minimum absolute atomic E-state index is 0.120. The van der Waals surface area contributed by atoms with Gasteiger partial charge in [0.05, 0.1) is 53.2 Å². The molecule has 3 heterocycles. The van der Waals surface area contributed by atoms with Crippen molar-refractivity contribution in [3.8, 4) is 0 Å². The average molecular weight is 575 g/mol. The molecule has 0 spiro atoms. The van der Waals surface area contributed by atoms with Crippen LogP contribution in [0.3, 0.4) is 0 Å². The summed E-state index contributed by atoms with van der Waals surface area (Å²) in [6.45, 7) is 5.35. The van der Waals surface area contributed by atoms with Crippen LogP contribution in [0.15, 0.2) is 40.7 Å². The maximum absolute atomic E-state index is 11.9. The minimum Gasteiger partial charge on any atom is -0.499 e. The van der Waals surface area contributed by atoms with Crippen LogP contribution in [0.1, 0.15) is 31.5 Å². The van der Waals surface area contributed by atoms with Crippen molar-refractivity contribution in [2.45, 2.75) is 43.9 Å². The van der Waals surface area contributed by atoms with Crippen molar-refractivity contribution in [2.75, 3.05) is 44.6 Å². The van der Waals surface area contributed by atoms with E-state index in [1.807, 2.05) is 6.07 Å². The van der Waals surface area contributed by atoms with Crippen LogP contribution in [0.5, 0.6) is 0 Å². The Morgan fingerprint density at radius 3 is 2.77 bits per heavy atom. The molecule has 3 atom stereocenters. The van der Waals surface area contributed by atoms with Gasteiger partial charge in [0.15, 0.2) is 5.82 Å². The number of anilines is 2. The normalized spacial score (nSPS) is 23.5. The zero-order valence-corrected chi connectivity index (χ0v) is 23.4. The molecule has 5 rings (SSSR count). The molecular weight excluding hydrogens is 543 g/mol. The third-order valence-corrected chi connectivity index (χ3v) is 7.98. The second-order valence-electron chi connectivity index (χ2n) is 9.83. The first-order chi connectivity index (χ1) is 18.9. The van der Waals surface area contributed by atoms with Gasteiger partial charge < -0.3 is 30.2 Å². The Hall–Kier alpha value is -2.92. The highest BCUT2D eigenvalue weighted by Crippen LogP contribution is 2.42. The van der Waals surface area contributed by atoms with E-state index in [1.54, 1.807) is 20.4 Å². The maximum Gasteiger partial charge on any atom is 0.243 e. The van der Waals surface area contributed by atoms with E-state index in [9.17, 15) is 4.79 Å². The monoisotopic (exact) mass is 574 g/mol. The number of allylic oxidation sites excluding steroid dienone is 2. The van der Waals surface area contributed by atoms with Crippen LogP contribution in [0, 0.1) is 5.92 Å². The summed E-state index contributed by atoms with van der Waals surface area (Å²) in [5, 5.41) is 11.5. The fourth-order valence-electron chi connectivity index (χ4n) is 4.72. The Morgan fingerprint density at radius 1 is 1.23 bits per heavy atom. The molecule has 0 radical (unpaired) electrons. The third-order valence-electron chi connectivity index (χ3n) is 7.15. The van der Waals surface area contributed by atoms with Gasteiger partial charge in [-0.1, -0.05) is 29.8 Å². The molecule has 2 aliphatic carbocycles. The number of hydrogen-bond donors (Lipinski definition) is 3.